The lowest BCUT2D eigenvalue weighted by molar-refractivity contribution is 0.0386. The van der Waals surface area contributed by atoms with Crippen molar-refractivity contribution in [1.29, 1.82) is 0 Å². The van der Waals surface area contributed by atoms with E-state index in [9.17, 15) is 4.79 Å². The Kier molecular flexibility index (Phi) is 4.20. The molecule has 4 heteroatoms. The van der Waals surface area contributed by atoms with Crippen LogP contribution in [0.1, 0.15) is 35.2 Å². The zero-order valence-corrected chi connectivity index (χ0v) is 10.6. The molecular formula is C14H19NO3. The molecule has 1 aliphatic heterocycles. The Balaban J connectivity index is 1.81. The second kappa shape index (κ2) is 5.87. The summed E-state index contributed by atoms with van der Waals surface area (Å²) in [6.45, 7) is 3.13. The molecule has 0 spiro atoms. The fourth-order valence-corrected chi connectivity index (χ4v) is 2.01. The summed E-state index contributed by atoms with van der Waals surface area (Å²) >= 11 is 0. The first-order chi connectivity index (χ1) is 8.66. The number of hydrogen-bond donors (Lipinski definition) is 1. The highest BCUT2D eigenvalue weighted by Gasteiger charge is 2.16. The summed E-state index contributed by atoms with van der Waals surface area (Å²) in [4.78, 5) is 11.8. The number of nitrogens with two attached hydrogens (primary N) is 1. The Morgan fingerprint density at radius 3 is 3.06 bits per heavy atom. The van der Waals surface area contributed by atoms with E-state index in [2.05, 4.69) is 0 Å². The molecule has 0 radical (unpaired) electrons. The molecule has 0 aromatic heterocycles. The van der Waals surface area contributed by atoms with Gasteiger partial charge in [-0.2, -0.15) is 0 Å². The summed E-state index contributed by atoms with van der Waals surface area (Å²) < 4.78 is 10.7. The quantitative estimate of drug-likeness (QED) is 0.657. The van der Waals surface area contributed by atoms with Crippen molar-refractivity contribution in [2.24, 2.45) is 0 Å². The molecule has 1 aliphatic rings. The van der Waals surface area contributed by atoms with E-state index in [0.29, 0.717) is 17.9 Å². The van der Waals surface area contributed by atoms with E-state index in [1.54, 1.807) is 12.1 Å². The minimum absolute atomic E-state index is 0.251. The standard InChI is InChI=1S/C14H19NO3/c1-10-4-5-11(9-13(10)15)14(16)18-8-6-12-3-2-7-17-12/h4-5,9,12H,2-3,6-8,15H2,1H3. The first-order valence-electron chi connectivity index (χ1n) is 6.31. The van der Waals surface area contributed by atoms with E-state index < -0.39 is 0 Å². The number of benzene rings is 1. The molecule has 1 unspecified atom stereocenters. The summed E-state index contributed by atoms with van der Waals surface area (Å²) in [5.74, 6) is -0.320. The van der Waals surface area contributed by atoms with Gasteiger partial charge in [-0.25, -0.2) is 4.79 Å². The third kappa shape index (κ3) is 3.23. The monoisotopic (exact) mass is 249 g/mol. The average molecular weight is 249 g/mol. The predicted octanol–water partition coefficient (Wildman–Crippen LogP) is 2.30. The van der Waals surface area contributed by atoms with E-state index in [1.807, 2.05) is 13.0 Å². The number of aryl methyl sites for hydroxylation is 1. The summed E-state index contributed by atoms with van der Waals surface area (Å²) in [5, 5.41) is 0. The van der Waals surface area contributed by atoms with Crippen LogP contribution >= 0.6 is 0 Å². The van der Waals surface area contributed by atoms with Crippen LogP contribution in [-0.2, 0) is 9.47 Å². The Morgan fingerprint density at radius 2 is 2.39 bits per heavy atom. The van der Waals surface area contributed by atoms with Crippen LogP contribution < -0.4 is 5.73 Å². The molecule has 1 saturated heterocycles. The number of nitrogen functional groups attached to an aromatic ring is 1. The Hall–Kier alpha value is -1.55. The van der Waals surface area contributed by atoms with Gasteiger partial charge in [0, 0.05) is 18.7 Å². The predicted molar refractivity (Wildman–Crippen MR) is 69.5 cm³/mol. The van der Waals surface area contributed by atoms with Gasteiger partial charge in [-0.3, -0.25) is 0 Å². The fourth-order valence-electron chi connectivity index (χ4n) is 2.01. The molecule has 0 amide bonds. The Labute approximate surface area is 107 Å². The van der Waals surface area contributed by atoms with Gasteiger partial charge in [0.2, 0.25) is 0 Å². The van der Waals surface area contributed by atoms with Gasteiger partial charge in [0.25, 0.3) is 0 Å². The van der Waals surface area contributed by atoms with Gasteiger partial charge in [0.15, 0.2) is 0 Å². The van der Waals surface area contributed by atoms with Gasteiger partial charge in [0.05, 0.1) is 18.3 Å². The zero-order valence-electron chi connectivity index (χ0n) is 10.6. The van der Waals surface area contributed by atoms with Gasteiger partial charge in [0.1, 0.15) is 0 Å². The Bertz CT molecular complexity index is 425. The molecular weight excluding hydrogens is 230 g/mol. The number of ether oxygens (including phenoxy) is 2. The van der Waals surface area contributed by atoms with Crippen LogP contribution in [0.15, 0.2) is 18.2 Å². The number of rotatable bonds is 4. The highest BCUT2D eigenvalue weighted by Crippen LogP contribution is 2.16. The lowest BCUT2D eigenvalue weighted by Gasteiger charge is -2.10. The normalized spacial score (nSPS) is 18.8. The smallest absolute Gasteiger partial charge is 0.338 e. The summed E-state index contributed by atoms with van der Waals surface area (Å²) in [7, 11) is 0. The molecule has 98 valence electrons. The minimum atomic E-state index is -0.320. The largest absolute Gasteiger partial charge is 0.462 e. The van der Waals surface area contributed by atoms with Crippen molar-refractivity contribution in [2.75, 3.05) is 18.9 Å². The molecule has 4 nitrogen and oxygen atoms in total. The third-order valence-corrected chi connectivity index (χ3v) is 3.21. The molecule has 0 bridgehead atoms. The molecule has 1 aromatic carbocycles. The number of anilines is 1. The topological polar surface area (TPSA) is 61.5 Å². The maximum absolute atomic E-state index is 11.8. The van der Waals surface area contributed by atoms with Crippen LogP contribution in [0.3, 0.4) is 0 Å². The lowest BCUT2D eigenvalue weighted by Crippen LogP contribution is -2.13. The average Bonchev–Trinajstić information content (AvgIpc) is 2.85. The molecule has 0 aliphatic carbocycles. The van der Waals surface area contributed by atoms with Crippen molar-refractivity contribution in [3.63, 3.8) is 0 Å². The first-order valence-corrected chi connectivity index (χ1v) is 6.31. The first kappa shape index (κ1) is 12.9. The van der Waals surface area contributed by atoms with Crippen LogP contribution in [-0.4, -0.2) is 25.3 Å². The van der Waals surface area contributed by atoms with Crippen molar-refractivity contribution in [3.8, 4) is 0 Å². The van der Waals surface area contributed by atoms with Crippen molar-refractivity contribution in [2.45, 2.75) is 32.3 Å². The van der Waals surface area contributed by atoms with Crippen LogP contribution in [0.4, 0.5) is 5.69 Å². The molecule has 18 heavy (non-hydrogen) atoms. The molecule has 2 rings (SSSR count). The van der Waals surface area contributed by atoms with E-state index in [-0.39, 0.29) is 12.1 Å². The van der Waals surface area contributed by atoms with E-state index >= 15 is 0 Å². The van der Waals surface area contributed by atoms with Crippen molar-refractivity contribution in [3.05, 3.63) is 29.3 Å². The highest BCUT2D eigenvalue weighted by molar-refractivity contribution is 5.90. The number of esters is 1. The molecule has 1 aromatic rings. The van der Waals surface area contributed by atoms with Gasteiger partial charge in [-0.1, -0.05) is 6.07 Å². The second-order valence-electron chi connectivity index (χ2n) is 4.63. The molecule has 2 N–H and O–H groups in total. The van der Waals surface area contributed by atoms with E-state index in [4.69, 9.17) is 15.2 Å². The van der Waals surface area contributed by atoms with Gasteiger partial charge < -0.3 is 15.2 Å². The van der Waals surface area contributed by atoms with Crippen LogP contribution in [0, 0.1) is 6.92 Å². The second-order valence-corrected chi connectivity index (χ2v) is 4.63. The molecule has 1 heterocycles. The van der Waals surface area contributed by atoms with Crippen molar-refractivity contribution >= 4 is 11.7 Å². The van der Waals surface area contributed by atoms with Gasteiger partial charge in [-0.05, 0) is 37.5 Å². The van der Waals surface area contributed by atoms with Crippen molar-refractivity contribution < 1.29 is 14.3 Å². The fraction of sp³-hybridized carbons (Fsp3) is 0.500. The van der Waals surface area contributed by atoms with Crippen LogP contribution in [0.5, 0.6) is 0 Å². The molecule has 1 atom stereocenters. The molecule has 0 saturated carbocycles. The maximum atomic E-state index is 11.8. The van der Waals surface area contributed by atoms with E-state index in [1.165, 1.54) is 0 Å². The molecule has 1 fully saturated rings. The van der Waals surface area contributed by atoms with Gasteiger partial charge >= 0.3 is 5.97 Å². The van der Waals surface area contributed by atoms with Gasteiger partial charge in [-0.15, -0.1) is 0 Å². The third-order valence-electron chi connectivity index (χ3n) is 3.21. The number of carbonyl (C=O) groups excluding carboxylic acids is 1. The highest BCUT2D eigenvalue weighted by atomic mass is 16.5. The number of hydrogen-bond acceptors (Lipinski definition) is 4. The zero-order chi connectivity index (χ0) is 13.0. The summed E-state index contributed by atoms with van der Waals surface area (Å²) in [6, 6.07) is 5.22. The van der Waals surface area contributed by atoms with Crippen LogP contribution in [0.2, 0.25) is 0 Å². The van der Waals surface area contributed by atoms with E-state index in [0.717, 1.165) is 31.4 Å². The van der Waals surface area contributed by atoms with Crippen LogP contribution in [0.25, 0.3) is 0 Å². The summed E-state index contributed by atoms with van der Waals surface area (Å²) in [6.07, 6.45) is 3.19. The SMILES string of the molecule is Cc1ccc(C(=O)OCCC2CCCO2)cc1N. The minimum Gasteiger partial charge on any atom is -0.462 e. The number of carbonyl (C=O) groups is 1. The lowest BCUT2D eigenvalue weighted by atomic mass is 10.1. The Morgan fingerprint density at radius 1 is 1.56 bits per heavy atom. The maximum Gasteiger partial charge on any atom is 0.338 e. The summed E-state index contributed by atoms with van der Waals surface area (Å²) in [5.41, 5.74) is 7.84. The van der Waals surface area contributed by atoms with Crippen molar-refractivity contribution in [1.82, 2.24) is 0 Å².